The molecular formula is C17H15N5O2S. The van der Waals surface area contributed by atoms with Gasteiger partial charge in [0.2, 0.25) is 0 Å². The summed E-state index contributed by atoms with van der Waals surface area (Å²) in [7, 11) is 0. The first-order valence-corrected chi connectivity index (χ1v) is 7.79. The highest BCUT2D eigenvalue weighted by Crippen LogP contribution is 2.18. The van der Waals surface area contributed by atoms with Gasteiger partial charge in [-0.2, -0.15) is 0 Å². The van der Waals surface area contributed by atoms with E-state index in [0.717, 1.165) is 5.69 Å². The fourth-order valence-electron chi connectivity index (χ4n) is 2.38. The summed E-state index contributed by atoms with van der Waals surface area (Å²) in [5.74, 6) is -0.340. The van der Waals surface area contributed by atoms with Gasteiger partial charge < -0.3 is 21.4 Å². The van der Waals surface area contributed by atoms with E-state index in [1.807, 2.05) is 30.3 Å². The number of para-hydroxylation sites is 1. The number of amides is 3. The molecule has 0 fully saturated rings. The van der Waals surface area contributed by atoms with Crippen LogP contribution in [0.4, 0.5) is 16.2 Å². The molecule has 0 aliphatic heterocycles. The minimum atomic E-state index is -0.674. The number of benzene rings is 2. The van der Waals surface area contributed by atoms with Crippen molar-refractivity contribution in [2.45, 2.75) is 0 Å². The van der Waals surface area contributed by atoms with Crippen molar-refractivity contribution in [2.75, 3.05) is 10.6 Å². The van der Waals surface area contributed by atoms with Crippen molar-refractivity contribution in [2.24, 2.45) is 5.73 Å². The average Bonchev–Trinajstić information content (AvgIpc) is 2.97. The van der Waals surface area contributed by atoms with E-state index in [1.165, 1.54) is 0 Å². The third-order valence-electron chi connectivity index (χ3n) is 3.41. The maximum Gasteiger partial charge on any atom is 0.316 e. The number of nitrogens with one attached hydrogen (secondary N) is 3. The Balaban J connectivity index is 1.88. The predicted molar refractivity (Wildman–Crippen MR) is 98.6 cm³/mol. The SMILES string of the molecule is NC(=O)Nc1cccc(NC(=O)c2c[nH]c(=S)n2-c2ccccc2)c1. The van der Waals surface area contributed by atoms with Crippen molar-refractivity contribution < 1.29 is 9.59 Å². The van der Waals surface area contributed by atoms with Crippen LogP contribution in [-0.4, -0.2) is 21.5 Å². The lowest BCUT2D eigenvalue weighted by molar-refractivity contribution is 0.102. The molecule has 0 radical (unpaired) electrons. The quantitative estimate of drug-likeness (QED) is 0.541. The Labute approximate surface area is 148 Å². The lowest BCUT2D eigenvalue weighted by Gasteiger charge is -2.10. The lowest BCUT2D eigenvalue weighted by atomic mass is 10.2. The Bertz CT molecular complexity index is 978. The van der Waals surface area contributed by atoms with E-state index in [9.17, 15) is 9.59 Å². The van der Waals surface area contributed by atoms with Crippen molar-refractivity contribution in [3.8, 4) is 5.69 Å². The van der Waals surface area contributed by atoms with Crippen LogP contribution in [0.1, 0.15) is 10.5 Å². The number of hydrogen-bond donors (Lipinski definition) is 4. The Kier molecular flexibility index (Phi) is 4.62. The highest BCUT2D eigenvalue weighted by molar-refractivity contribution is 7.71. The van der Waals surface area contributed by atoms with Crippen molar-refractivity contribution in [1.82, 2.24) is 9.55 Å². The second-order valence-corrected chi connectivity index (χ2v) is 5.56. The summed E-state index contributed by atoms with van der Waals surface area (Å²) in [5, 5.41) is 5.24. The Morgan fingerprint density at radius 3 is 2.36 bits per heavy atom. The predicted octanol–water partition coefficient (Wildman–Crippen LogP) is 3.28. The smallest absolute Gasteiger partial charge is 0.316 e. The van der Waals surface area contributed by atoms with E-state index in [1.54, 1.807) is 35.0 Å². The molecular weight excluding hydrogens is 338 g/mol. The summed E-state index contributed by atoms with van der Waals surface area (Å²) in [6, 6.07) is 15.3. The molecule has 2 aromatic carbocycles. The summed E-state index contributed by atoms with van der Waals surface area (Å²) in [6.07, 6.45) is 1.55. The van der Waals surface area contributed by atoms with Crippen LogP contribution in [-0.2, 0) is 0 Å². The maximum absolute atomic E-state index is 12.6. The molecule has 0 saturated carbocycles. The monoisotopic (exact) mass is 353 g/mol. The number of carbonyl (C=O) groups is 2. The molecule has 0 bridgehead atoms. The van der Waals surface area contributed by atoms with Gasteiger partial charge in [-0.05, 0) is 42.5 Å². The van der Waals surface area contributed by atoms with Crippen molar-refractivity contribution >= 4 is 35.5 Å². The molecule has 0 aliphatic rings. The molecule has 25 heavy (non-hydrogen) atoms. The van der Waals surface area contributed by atoms with E-state index in [2.05, 4.69) is 15.6 Å². The Hall–Kier alpha value is -3.39. The second-order valence-electron chi connectivity index (χ2n) is 5.17. The number of nitrogens with two attached hydrogens (primary N) is 1. The van der Waals surface area contributed by atoms with Gasteiger partial charge in [-0.25, -0.2) is 4.79 Å². The number of H-pyrrole nitrogens is 1. The third-order valence-corrected chi connectivity index (χ3v) is 3.71. The van der Waals surface area contributed by atoms with E-state index >= 15 is 0 Å². The van der Waals surface area contributed by atoms with Gasteiger partial charge >= 0.3 is 6.03 Å². The Morgan fingerprint density at radius 1 is 1.00 bits per heavy atom. The number of nitrogens with zero attached hydrogens (tertiary/aromatic N) is 1. The fraction of sp³-hybridized carbons (Fsp3) is 0. The van der Waals surface area contributed by atoms with Gasteiger partial charge in [0, 0.05) is 23.3 Å². The fourth-order valence-corrected chi connectivity index (χ4v) is 2.64. The van der Waals surface area contributed by atoms with Crippen LogP contribution >= 0.6 is 12.2 Å². The number of urea groups is 1. The summed E-state index contributed by atoms with van der Waals surface area (Å²) >= 11 is 5.27. The highest BCUT2D eigenvalue weighted by Gasteiger charge is 2.14. The summed E-state index contributed by atoms with van der Waals surface area (Å²) in [6.45, 7) is 0. The van der Waals surface area contributed by atoms with Crippen LogP contribution in [0.15, 0.2) is 60.8 Å². The van der Waals surface area contributed by atoms with Gasteiger partial charge in [0.1, 0.15) is 5.69 Å². The first kappa shape index (κ1) is 16.5. The molecule has 0 spiro atoms. The number of aromatic amines is 1. The molecule has 3 aromatic rings. The standard InChI is InChI=1S/C17H15N5O2S/c18-16(24)21-12-6-4-5-11(9-12)20-15(23)14-10-19-17(25)22(14)13-7-2-1-3-8-13/h1-10H,(H,19,25)(H,20,23)(H3,18,21,24). The van der Waals surface area contributed by atoms with Crippen LogP contribution < -0.4 is 16.4 Å². The molecule has 3 amide bonds. The van der Waals surface area contributed by atoms with E-state index in [4.69, 9.17) is 18.0 Å². The minimum Gasteiger partial charge on any atom is -0.351 e. The zero-order chi connectivity index (χ0) is 17.8. The Morgan fingerprint density at radius 2 is 1.68 bits per heavy atom. The second kappa shape index (κ2) is 7.02. The molecule has 0 saturated heterocycles. The molecule has 5 N–H and O–H groups in total. The first-order chi connectivity index (χ1) is 12.0. The van der Waals surface area contributed by atoms with Crippen molar-refractivity contribution in [3.05, 3.63) is 71.3 Å². The number of primary amides is 1. The zero-order valence-electron chi connectivity index (χ0n) is 13.0. The first-order valence-electron chi connectivity index (χ1n) is 7.38. The number of anilines is 2. The average molecular weight is 353 g/mol. The van der Waals surface area contributed by atoms with Crippen molar-refractivity contribution in [1.29, 1.82) is 0 Å². The summed E-state index contributed by atoms with van der Waals surface area (Å²) in [4.78, 5) is 26.5. The number of rotatable bonds is 4. The number of carbonyl (C=O) groups excluding carboxylic acids is 2. The van der Waals surface area contributed by atoms with Crippen LogP contribution in [0, 0.1) is 4.77 Å². The summed E-state index contributed by atoms with van der Waals surface area (Å²) in [5.41, 5.74) is 7.25. The summed E-state index contributed by atoms with van der Waals surface area (Å²) < 4.78 is 2.07. The largest absolute Gasteiger partial charge is 0.351 e. The molecule has 8 heteroatoms. The lowest BCUT2D eigenvalue weighted by Crippen LogP contribution is -2.20. The van der Waals surface area contributed by atoms with Gasteiger partial charge in [0.15, 0.2) is 4.77 Å². The van der Waals surface area contributed by atoms with Gasteiger partial charge in [-0.3, -0.25) is 9.36 Å². The van der Waals surface area contributed by atoms with Gasteiger partial charge in [0.05, 0.1) is 0 Å². The molecule has 7 nitrogen and oxygen atoms in total. The number of hydrogen-bond acceptors (Lipinski definition) is 3. The highest BCUT2D eigenvalue weighted by atomic mass is 32.1. The molecule has 0 aliphatic carbocycles. The van der Waals surface area contributed by atoms with E-state index in [-0.39, 0.29) is 5.91 Å². The number of aromatic nitrogens is 2. The van der Waals surface area contributed by atoms with Crippen LogP contribution in [0.25, 0.3) is 5.69 Å². The molecule has 1 aromatic heterocycles. The van der Waals surface area contributed by atoms with Crippen molar-refractivity contribution in [3.63, 3.8) is 0 Å². The van der Waals surface area contributed by atoms with Gasteiger partial charge in [-0.15, -0.1) is 0 Å². The topological polar surface area (TPSA) is 105 Å². The molecule has 1 heterocycles. The maximum atomic E-state index is 12.6. The molecule has 126 valence electrons. The number of imidazole rings is 1. The van der Waals surface area contributed by atoms with Crippen LogP contribution in [0.3, 0.4) is 0 Å². The van der Waals surface area contributed by atoms with E-state index in [0.29, 0.717) is 21.8 Å². The van der Waals surface area contributed by atoms with Gasteiger partial charge in [-0.1, -0.05) is 24.3 Å². The van der Waals surface area contributed by atoms with Crippen LogP contribution in [0.2, 0.25) is 0 Å². The zero-order valence-corrected chi connectivity index (χ0v) is 13.8. The van der Waals surface area contributed by atoms with Gasteiger partial charge in [0.25, 0.3) is 5.91 Å². The molecule has 3 rings (SSSR count). The normalized spacial score (nSPS) is 10.2. The van der Waals surface area contributed by atoms with E-state index < -0.39 is 6.03 Å². The molecule has 0 atom stereocenters. The molecule has 0 unspecified atom stereocenters. The van der Waals surface area contributed by atoms with Crippen LogP contribution in [0.5, 0.6) is 0 Å². The third kappa shape index (κ3) is 3.75. The minimum absolute atomic E-state index is 0.340.